The van der Waals surface area contributed by atoms with Crippen LogP contribution in [0.4, 0.5) is 0 Å². The monoisotopic (exact) mass is 203 g/mol. The van der Waals surface area contributed by atoms with Gasteiger partial charge < -0.3 is 15.6 Å². The Balaban J connectivity index is 4.33. The average molecular weight is 203 g/mol. The number of methoxy groups -OCH3 is 1. The molecule has 0 aliphatic heterocycles. The van der Waals surface area contributed by atoms with Gasteiger partial charge in [-0.25, -0.2) is 0 Å². The molecule has 0 amide bonds. The van der Waals surface area contributed by atoms with Crippen molar-refractivity contribution in [3.8, 4) is 0 Å². The van der Waals surface area contributed by atoms with Gasteiger partial charge >= 0.3 is 0 Å². The third-order valence-electron chi connectivity index (χ3n) is 2.95. The zero-order chi connectivity index (χ0) is 11.0. The van der Waals surface area contributed by atoms with Crippen LogP contribution in [0.3, 0.4) is 0 Å². The van der Waals surface area contributed by atoms with Gasteiger partial charge in [-0.1, -0.05) is 26.7 Å². The van der Waals surface area contributed by atoms with Gasteiger partial charge in [0.2, 0.25) is 0 Å². The molecule has 0 spiro atoms. The minimum Gasteiger partial charge on any atom is -0.387 e. The summed E-state index contributed by atoms with van der Waals surface area (Å²) in [5.74, 6) is 0.314. The SMILES string of the molecule is CCC(CC)C(O)(CCCN)COC. The van der Waals surface area contributed by atoms with E-state index < -0.39 is 5.60 Å². The van der Waals surface area contributed by atoms with Crippen LogP contribution < -0.4 is 5.73 Å². The van der Waals surface area contributed by atoms with Crippen LogP contribution in [0.2, 0.25) is 0 Å². The van der Waals surface area contributed by atoms with Crippen LogP contribution in [0, 0.1) is 5.92 Å². The third kappa shape index (κ3) is 3.95. The summed E-state index contributed by atoms with van der Waals surface area (Å²) >= 11 is 0. The predicted molar refractivity (Wildman–Crippen MR) is 59.2 cm³/mol. The van der Waals surface area contributed by atoms with E-state index in [0.717, 1.165) is 25.7 Å². The number of aliphatic hydroxyl groups is 1. The Bertz CT molecular complexity index is 137. The number of hydrogen-bond acceptors (Lipinski definition) is 3. The lowest BCUT2D eigenvalue weighted by molar-refractivity contribution is -0.0826. The van der Waals surface area contributed by atoms with E-state index in [0.29, 0.717) is 19.1 Å². The van der Waals surface area contributed by atoms with Crippen molar-refractivity contribution in [3.05, 3.63) is 0 Å². The van der Waals surface area contributed by atoms with Gasteiger partial charge in [0.1, 0.15) is 0 Å². The van der Waals surface area contributed by atoms with Crippen LogP contribution in [0.15, 0.2) is 0 Å². The second-order valence-corrected chi connectivity index (χ2v) is 3.94. The Morgan fingerprint density at radius 3 is 2.29 bits per heavy atom. The molecule has 1 unspecified atom stereocenters. The van der Waals surface area contributed by atoms with Gasteiger partial charge in [0, 0.05) is 7.11 Å². The van der Waals surface area contributed by atoms with Crippen LogP contribution in [-0.4, -0.2) is 31.0 Å². The topological polar surface area (TPSA) is 55.5 Å². The number of nitrogens with two attached hydrogens (primary N) is 1. The fourth-order valence-corrected chi connectivity index (χ4v) is 2.10. The highest BCUT2D eigenvalue weighted by atomic mass is 16.5. The molecule has 14 heavy (non-hydrogen) atoms. The number of rotatable bonds is 8. The summed E-state index contributed by atoms with van der Waals surface area (Å²) in [7, 11) is 1.63. The molecule has 86 valence electrons. The van der Waals surface area contributed by atoms with Crippen LogP contribution in [0.5, 0.6) is 0 Å². The Kier molecular flexibility index (Phi) is 7.15. The summed E-state index contributed by atoms with van der Waals surface area (Å²) in [5.41, 5.74) is 4.78. The fourth-order valence-electron chi connectivity index (χ4n) is 2.10. The van der Waals surface area contributed by atoms with Crippen molar-refractivity contribution < 1.29 is 9.84 Å². The molecule has 0 rings (SSSR count). The summed E-state index contributed by atoms with van der Waals surface area (Å²) in [6, 6.07) is 0. The highest BCUT2D eigenvalue weighted by Crippen LogP contribution is 2.28. The van der Waals surface area contributed by atoms with Gasteiger partial charge in [-0.2, -0.15) is 0 Å². The maximum Gasteiger partial charge on any atom is 0.0908 e. The fraction of sp³-hybridized carbons (Fsp3) is 1.00. The molecule has 0 fully saturated rings. The molecule has 0 aromatic heterocycles. The summed E-state index contributed by atoms with van der Waals surface area (Å²) in [6.45, 7) is 5.26. The predicted octanol–water partition coefficient (Wildman–Crippen LogP) is 1.54. The van der Waals surface area contributed by atoms with Crippen molar-refractivity contribution in [3.63, 3.8) is 0 Å². The second kappa shape index (κ2) is 7.21. The van der Waals surface area contributed by atoms with Gasteiger partial charge in [0.15, 0.2) is 0 Å². The molecule has 0 aromatic carbocycles. The average Bonchev–Trinajstić information content (AvgIpc) is 2.17. The van der Waals surface area contributed by atoms with Crippen molar-refractivity contribution in [1.82, 2.24) is 0 Å². The number of ether oxygens (including phenoxy) is 1. The molecule has 0 saturated carbocycles. The minimum absolute atomic E-state index is 0.314. The number of hydrogen-bond donors (Lipinski definition) is 2. The normalized spacial score (nSPS) is 15.9. The standard InChI is InChI=1S/C11H25NO2/c1-4-10(5-2)11(13,9-14-3)7-6-8-12/h10,13H,4-9,12H2,1-3H3. The molecule has 0 aliphatic rings. The first-order valence-electron chi connectivity index (χ1n) is 5.56. The van der Waals surface area contributed by atoms with Crippen molar-refractivity contribution in [2.75, 3.05) is 20.3 Å². The van der Waals surface area contributed by atoms with E-state index in [1.807, 2.05) is 0 Å². The van der Waals surface area contributed by atoms with Crippen LogP contribution in [-0.2, 0) is 4.74 Å². The highest BCUT2D eigenvalue weighted by molar-refractivity contribution is 4.85. The van der Waals surface area contributed by atoms with Crippen LogP contribution >= 0.6 is 0 Å². The molecule has 1 atom stereocenters. The van der Waals surface area contributed by atoms with E-state index >= 15 is 0 Å². The largest absolute Gasteiger partial charge is 0.387 e. The lowest BCUT2D eigenvalue weighted by Gasteiger charge is -2.34. The molecule has 0 aliphatic carbocycles. The first-order chi connectivity index (χ1) is 6.64. The molecule has 0 heterocycles. The van der Waals surface area contributed by atoms with Crippen molar-refractivity contribution in [2.45, 2.75) is 45.1 Å². The van der Waals surface area contributed by atoms with Gasteiger partial charge in [-0.15, -0.1) is 0 Å². The van der Waals surface area contributed by atoms with Crippen LogP contribution in [0.1, 0.15) is 39.5 Å². The van der Waals surface area contributed by atoms with Crippen molar-refractivity contribution in [1.29, 1.82) is 0 Å². The van der Waals surface area contributed by atoms with Gasteiger partial charge in [0.05, 0.1) is 12.2 Å². The Labute approximate surface area is 87.6 Å². The van der Waals surface area contributed by atoms with E-state index in [9.17, 15) is 5.11 Å². The molecular formula is C11H25NO2. The maximum atomic E-state index is 10.4. The quantitative estimate of drug-likeness (QED) is 0.629. The van der Waals surface area contributed by atoms with Crippen molar-refractivity contribution >= 4 is 0 Å². The minimum atomic E-state index is -0.683. The van der Waals surface area contributed by atoms with E-state index in [4.69, 9.17) is 10.5 Å². The van der Waals surface area contributed by atoms with E-state index in [1.165, 1.54) is 0 Å². The summed E-state index contributed by atoms with van der Waals surface area (Å²) in [6.07, 6.45) is 3.57. The lowest BCUT2D eigenvalue weighted by atomic mass is 9.80. The van der Waals surface area contributed by atoms with E-state index in [2.05, 4.69) is 13.8 Å². The Morgan fingerprint density at radius 1 is 1.36 bits per heavy atom. The maximum absolute atomic E-state index is 10.4. The summed E-state index contributed by atoms with van der Waals surface area (Å²) in [4.78, 5) is 0. The van der Waals surface area contributed by atoms with Crippen LogP contribution in [0.25, 0.3) is 0 Å². The van der Waals surface area contributed by atoms with E-state index in [-0.39, 0.29) is 0 Å². The highest BCUT2D eigenvalue weighted by Gasteiger charge is 2.33. The summed E-state index contributed by atoms with van der Waals surface area (Å²) < 4.78 is 5.10. The molecule has 0 aromatic rings. The molecule has 3 heteroatoms. The van der Waals surface area contributed by atoms with E-state index in [1.54, 1.807) is 7.11 Å². The molecule has 0 radical (unpaired) electrons. The Morgan fingerprint density at radius 2 is 1.93 bits per heavy atom. The zero-order valence-corrected chi connectivity index (χ0v) is 9.75. The summed E-state index contributed by atoms with van der Waals surface area (Å²) in [5, 5.41) is 10.4. The van der Waals surface area contributed by atoms with Crippen molar-refractivity contribution in [2.24, 2.45) is 11.7 Å². The zero-order valence-electron chi connectivity index (χ0n) is 9.75. The molecule has 0 saturated heterocycles. The molecule has 3 nitrogen and oxygen atoms in total. The Hall–Kier alpha value is -0.120. The van der Waals surface area contributed by atoms with Gasteiger partial charge in [0.25, 0.3) is 0 Å². The lowest BCUT2D eigenvalue weighted by Crippen LogP contribution is -2.42. The van der Waals surface area contributed by atoms with Gasteiger partial charge in [-0.3, -0.25) is 0 Å². The molecular weight excluding hydrogens is 178 g/mol. The first-order valence-corrected chi connectivity index (χ1v) is 5.56. The second-order valence-electron chi connectivity index (χ2n) is 3.94. The molecule has 3 N–H and O–H groups in total. The van der Waals surface area contributed by atoms with Gasteiger partial charge in [-0.05, 0) is 25.3 Å². The smallest absolute Gasteiger partial charge is 0.0908 e. The molecule has 0 bridgehead atoms. The third-order valence-corrected chi connectivity index (χ3v) is 2.95. The first kappa shape index (κ1) is 13.9.